The third-order valence-corrected chi connectivity index (χ3v) is 4.70. The Morgan fingerprint density at radius 2 is 2.27 bits per heavy atom. The Labute approximate surface area is 157 Å². The van der Waals surface area contributed by atoms with Crippen LogP contribution in [0.4, 0.5) is 4.79 Å². The van der Waals surface area contributed by atoms with Crippen LogP contribution in [0.2, 0.25) is 5.28 Å². The number of rotatable bonds is 6. The van der Waals surface area contributed by atoms with Gasteiger partial charge in [-0.1, -0.05) is 13.3 Å². The van der Waals surface area contributed by atoms with Crippen molar-refractivity contribution in [1.29, 1.82) is 5.26 Å². The fraction of sp³-hybridized carbons (Fsp3) is 0.444. The molecule has 136 valence electrons. The maximum absolute atomic E-state index is 12.1. The molecule has 3 rings (SSSR count). The molecule has 1 amide bonds. The second-order valence-corrected chi connectivity index (χ2v) is 6.74. The van der Waals surface area contributed by atoms with E-state index in [9.17, 15) is 10.1 Å². The zero-order chi connectivity index (χ0) is 18.6. The van der Waals surface area contributed by atoms with Gasteiger partial charge < -0.3 is 14.2 Å². The molecule has 0 radical (unpaired) electrons. The Hall–Kier alpha value is -2.59. The number of nitriles is 1. The molecule has 3 heterocycles. The zero-order valence-electron chi connectivity index (χ0n) is 14.6. The summed E-state index contributed by atoms with van der Waals surface area (Å²) in [6, 6.07) is 5.93. The summed E-state index contributed by atoms with van der Waals surface area (Å²) in [6.07, 6.45) is 7.26. The van der Waals surface area contributed by atoms with Crippen molar-refractivity contribution >= 4 is 17.7 Å². The van der Waals surface area contributed by atoms with Crippen LogP contribution in [0.25, 0.3) is 11.3 Å². The van der Waals surface area contributed by atoms with Crippen molar-refractivity contribution in [2.24, 2.45) is 0 Å². The van der Waals surface area contributed by atoms with Crippen LogP contribution < -0.4 is 0 Å². The van der Waals surface area contributed by atoms with E-state index < -0.39 is 5.54 Å². The molecule has 26 heavy (non-hydrogen) atoms. The maximum atomic E-state index is 12.1. The van der Waals surface area contributed by atoms with E-state index in [1.807, 2.05) is 30.0 Å². The molecule has 1 aliphatic rings. The molecule has 8 heteroatoms. The molecule has 1 fully saturated rings. The highest BCUT2D eigenvalue weighted by Crippen LogP contribution is 2.34. The molecule has 0 spiro atoms. The number of hydrogen-bond acceptors (Lipinski definition) is 5. The van der Waals surface area contributed by atoms with Crippen LogP contribution in [0, 0.1) is 11.3 Å². The molecular weight excluding hydrogens is 354 g/mol. The lowest BCUT2D eigenvalue weighted by Gasteiger charge is -2.49. The van der Waals surface area contributed by atoms with E-state index in [1.54, 1.807) is 17.2 Å². The standard InChI is InChI=1S/C18H20ClN5O2/c1-2-3-10-26-17(25)23-12-18(13-23,6-7-20)24-9-5-14(11-24)15-4-8-21-16(19)22-15/h4-5,8-9,11H,2-3,6,10,12-13H2,1H3. The van der Waals surface area contributed by atoms with E-state index >= 15 is 0 Å². The molecule has 7 nitrogen and oxygen atoms in total. The summed E-state index contributed by atoms with van der Waals surface area (Å²) in [7, 11) is 0. The minimum atomic E-state index is -0.437. The molecule has 0 saturated carbocycles. The number of carbonyl (C=O) groups excluding carboxylic acids is 1. The molecular formula is C18H20ClN5O2. The van der Waals surface area contributed by atoms with Crippen LogP contribution in [-0.4, -0.2) is 45.2 Å². The normalized spacial score (nSPS) is 15.2. The van der Waals surface area contributed by atoms with Crippen LogP contribution >= 0.6 is 11.6 Å². The van der Waals surface area contributed by atoms with Crippen LogP contribution in [0.5, 0.6) is 0 Å². The van der Waals surface area contributed by atoms with Gasteiger partial charge >= 0.3 is 6.09 Å². The molecule has 0 unspecified atom stereocenters. The van der Waals surface area contributed by atoms with E-state index in [1.165, 1.54) is 0 Å². The highest BCUT2D eigenvalue weighted by molar-refractivity contribution is 6.28. The molecule has 1 saturated heterocycles. The molecule has 0 atom stereocenters. The number of unbranched alkanes of at least 4 members (excludes halogenated alkanes) is 1. The Morgan fingerprint density at radius 3 is 2.96 bits per heavy atom. The number of hydrogen-bond donors (Lipinski definition) is 0. The minimum absolute atomic E-state index is 0.187. The number of halogens is 1. The summed E-state index contributed by atoms with van der Waals surface area (Å²) in [4.78, 5) is 21.8. The highest BCUT2D eigenvalue weighted by atomic mass is 35.5. The summed E-state index contributed by atoms with van der Waals surface area (Å²) in [5.74, 6) is 0. The number of carbonyl (C=O) groups is 1. The van der Waals surface area contributed by atoms with Gasteiger partial charge in [-0.3, -0.25) is 0 Å². The van der Waals surface area contributed by atoms with Crippen molar-refractivity contribution in [3.05, 3.63) is 36.0 Å². The summed E-state index contributed by atoms with van der Waals surface area (Å²) < 4.78 is 7.23. The minimum Gasteiger partial charge on any atom is -0.449 e. The number of nitrogens with zero attached hydrogens (tertiary/aromatic N) is 5. The van der Waals surface area contributed by atoms with Crippen molar-refractivity contribution in [3.63, 3.8) is 0 Å². The second-order valence-electron chi connectivity index (χ2n) is 6.40. The van der Waals surface area contributed by atoms with E-state index in [0.717, 1.165) is 18.4 Å². The first-order chi connectivity index (χ1) is 12.6. The fourth-order valence-corrected chi connectivity index (χ4v) is 3.19. The highest BCUT2D eigenvalue weighted by Gasteiger charge is 2.47. The lowest BCUT2D eigenvalue weighted by molar-refractivity contribution is 0.00617. The largest absolute Gasteiger partial charge is 0.449 e. The van der Waals surface area contributed by atoms with Gasteiger partial charge in [0.25, 0.3) is 0 Å². The Kier molecular flexibility index (Phi) is 5.43. The van der Waals surface area contributed by atoms with Crippen LogP contribution in [0.3, 0.4) is 0 Å². The van der Waals surface area contributed by atoms with Crippen LogP contribution in [0.15, 0.2) is 30.7 Å². The van der Waals surface area contributed by atoms with Gasteiger partial charge in [0.05, 0.1) is 43.4 Å². The zero-order valence-corrected chi connectivity index (χ0v) is 15.3. The van der Waals surface area contributed by atoms with Gasteiger partial charge in [0.15, 0.2) is 0 Å². The molecule has 1 aliphatic heterocycles. The smallest absolute Gasteiger partial charge is 0.409 e. The van der Waals surface area contributed by atoms with Gasteiger partial charge in [0.1, 0.15) is 0 Å². The average molecular weight is 374 g/mol. The average Bonchev–Trinajstić information content (AvgIpc) is 3.08. The second kappa shape index (κ2) is 7.75. The van der Waals surface area contributed by atoms with Gasteiger partial charge in [0.2, 0.25) is 5.28 Å². The topological polar surface area (TPSA) is 84.0 Å². The quantitative estimate of drug-likeness (QED) is 0.571. The number of ether oxygens (including phenoxy) is 1. The van der Waals surface area contributed by atoms with Crippen molar-refractivity contribution in [3.8, 4) is 17.3 Å². The Balaban J connectivity index is 1.72. The fourth-order valence-electron chi connectivity index (χ4n) is 3.04. The van der Waals surface area contributed by atoms with Crippen LogP contribution in [-0.2, 0) is 10.3 Å². The van der Waals surface area contributed by atoms with E-state index in [-0.39, 0.29) is 11.4 Å². The predicted molar refractivity (Wildman–Crippen MR) is 96.5 cm³/mol. The van der Waals surface area contributed by atoms with E-state index in [0.29, 0.717) is 31.8 Å². The lowest BCUT2D eigenvalue weighted by Crippen LogP contribution is -2.63. The van der Waals surface area contributed by atoms with Gasteiger partial charge in [-0.05, 0) is 30.2 Å². The van der Waals surface area contributed by atoms with Gasteiger partial charge in [-0.25, -0.2) is 14.8 Å². The molecule has 2 aromatic rings. The van der Waals surface area contributed by atoms with Crippen molar-refractivity contribution < 1.29 is 9.53 Å². The SMILES string of the molecule is CCCCOC(=O)N1CC(CC#N)(n2ccc(-c3ccnc(Cl)n3)c2)C1. The molecule has 0 N–H and O–H groups in total. The molecule has 0 aliphatic carbocycles. The Bertz CT molecular complexity index is 823. The number of aromatic nitrogens is 3. The summed E-state index contributed by atoms with van der Waals surface area (Å²) in [6.45, 7) is 3.37. The van der Waals surface area contributed by atoms with E-state index in [2.05, 4.69) is 16.0 Å². The molecule has 0 aromatic carbocycles. The van der Waals surface area contributed by atoms with Gasteiger partial charge in [-0.2, -0.15) is 5.26 Å². The third-order valence-electron chi connectivity index (χ3n) is 4.52. The summed E-state index contributed by atoms with van der Waals surface area (Å²) >= 11 is 5.86. The third kappa shape index (κ3) is 3.65. The predicted octanol–water partition coefficient (Wildman–Crippen LogP) is 3.46. The number of likely N-dealkylation sites (tertiary alicyclic amines) is 1. The van der Waals surface area contributed by atoms with E-state index in [4.69, 9.17) is 16.3 Å². The van der Waals surface area contributed by atoms with Gasteiger partial charge in [-0.15, -0.1) is 0 Å². The monoisotopic (exact) mass is 373 g/mol. The molecule has 2 aromatic heterocycles. The first-order valence-electron chi connectivity index (χ1n) is 8.54. The summed E-state index contributed by atoms with van der Waals surface area (Å²) in [5.41, 5.74) is 1.16. The lowest BCUT2D eigenvalue weighted by atomic mass is 9.87. The summed E-state index contributed by atoms with van der Waals surface area (Å²) in [5, 5.41) is 9.44. The van der Waals surface area contributed by atoms with Crippen molar-refractivity contribution in [1.82, 2.24) is 19.4 Å². The van der Waals surface area contributed by atoms with Crippen molar-refractivity contribution in [2.75, 3.05) is 19.7 Å². The molecule has 0 bridgehead atoms. The first kappa shape index (κ1) is 18.2. The maximum Gasteiger partial charge on any atom is 0.409 e. The van der Waals surface area contributed by atoms with Crippen LogP contribution in [0.1, 0.15) is 26.2 Å². The number of amides is 1. The van der Waals surface area contributed by atoms with Crippen molar-refractivity contribution in [2.45, 2.75) is 31.7 Å². The first-order valence-corrected chi connectivity index (χ1v) is 8.92. The van der Waals surface area contributed by atoms with Gasteiger partial charge in [0, 0.05) is 24.2 Å². The Morgan fingerprint density at radius 1 is 1.46 bits per heavy atom.